The molecule has 120 valence electrons. The smallest absolute Gasteiger partial charge is 0.229 e. The third kappa shape index (κ3) is 3.42. The number of nitrogens with zero attached hydrogens (tertiary/aromatic N) is 6. The molecule has 0 radical (unpaired) electrons. The van der Waals surface area contributed by atoms with Gasteiger partial charge in [-0.1, -0.05) is 37.2 Å². The fourth-order valence-electron chi connectivity index (χ4n) is 2.13. The number of benzene rings is 1. The summed E-state index contributed by atoms with van der Waals surface area (Å²) in [5.41, 5.74) is 0.919. The lowest BCUT2D eigenvalue weighted by atomic mass is 10.2. The third-order valence-corrected chi connectivity index (χ3v) is 3.43. The maximum absolute atomic E-state index is 5.20. The Morgan fingerprint density at radius 1 is 1.17 bits per heavy atom. The SMILES string of the molecule is CC(C)c1nc(CN[C@H](C)c2nnnn2-c2ccccc2)no1. The third-order valence-electron chi connectivity index (χ3n) is 3.43. The summed E-state index contributed by atoms with van der Waals surface area (Å²) in [6, 6.07) is 9.71. The number of aromatic nitrogens is 6. The van der Waals surface area contributed by atoms with Crippen LogP contribution in [0.15, 0.2) is 34.9 Å². The van der Waals surface area contributed by atoms with Gasteiger partial charge >= 0.3 is 0 Å². The maximum Gasteiger partial charge on any atom is 0.229 e. The molecule has 0 bridgehead atoms. The quantitative estimate of drug-likeness (QED) is 0.744. The van der Waals surface area contributed by atoms with Crippen molar-refractivity contribution in [2.45, 2.75) is 39.3 Å². The second-order valence-electron chi connectivity index (χ2n) is 5.59. The van der Waals surface area contributed by atoms with Gasteiger partial charge in [0.1, 0.15) is 0 Å². The predicted octanol–water partition coefficient (Wildman–Crippen LogP) is 2.02. The molecule has 8 heteroatoms. The zero-order valence-electron chi connectivity index (χ0n) is 13.3. The topological polar surface area (TPSA) is 94.6 Å². The zero-order chi connectivity index (χ0) is 16.2. The van der Waals surface area contributed by atoms with E-state index in [1.54, 1.807) is 4.68 Å². The minimum absolute atomic E-state index is 0.0637. The second kappa shape index (κ2) is 6.66. The van der Waals surface area contributed by atoms with Gasteiger partial charge < -0.3 is 9.84 Å². The largest absolute Gasteiger partial charge is 0.339 e. The summed E-state index contributed by atoms with van der Waals surface area (Å²) < 4.78 is 6.91. The molecule has 3 aromatic rings. The van der Waals surface area contributed by atoms with Crippen molar-refractivity contribution in [2.75, 3.05) is 0 Å². The molecule has 0 spiro atoms. The molecular weight excluding hydrogens is 294 g/mol. The van der Waals surface area contributed by atoms with Crippen molar-refractivity contribution >= 4 is 0 Å². The van der Waals surface area contributed by atoms with Crippen molar-refractivity contribution in [3.63, 3.8) is 0 Å². The van der Waals surface area contributed by atoms with Crippen LogP contribution in [0, 0.1) is 0 Å². The maximum atomic E-state index is 5.20. The summed E-state index contributed by atoms with van der Waals surface area (Å²) in [6.45, 7) is 6.51. The van der Waals surface area contributed by atoms with E-state index in [1.165, 1.54) is 0 Å². The number of hydrogen-bond donors (Lipinski definition) is 1. The number of rotatable bonds is 6. The number of nitrogens with one attached hydrogen (secondary N) is 1. The van der Waals surface area contributed by atoms with E-state index in [4.69, 9.17) is 4.52 Å². The Labute approximate surface area is 133 Å². The highest BCUT2D eigenvalue weighted by Crippen LogP contribution is 2.15. The van der Waals surface area contributed by atoms with Crippen LogP contribution in [-0.2, 0) is 6.54 Å². The van der Waals surface area contributed by atoms with Gasteiger partial charge in [-0.05, 0) is 29.5 Å². The summed E-state index contributed by atoms with van der Waals surface area (Å²) in [5.74, 6) is 2.21. The summed E-state index contributed by atoms with van der Waals surface area (Å²) >= 11 is 0. The molecular formula is C15H19N7O. The Hall–Kier alpha value is -2.61. The number of hydrogen-bond acceptors (Lipinski definition) is 7. The average Bonchev–Trinajstić information content (AvgIpc) is 3.23. The van der Waals surface area contributed by atoms with Gasteiger partial charge in [0, 0.05) is 5.92 Å². The molecule has 2 heterocycles. The van der Waals surface area contributed by atoms with Crippen LogP contribution in [0.25, 0.3) is 5.69 Å². The van der Waals surface area contributed by atoms with Crippen LogP contribution >= 0.6 is 0 Å². The van der Waals surface area contributed by atoms with Crippen molar-refractivity contribution in [3.8, 4) is 5.69 Å². The summed E-state index contributed by atoms with van der Waals surface area (Å²) in [6.07, 6.45) is 0. The minimum Gasteiger partial charge on any atom is -0.339 e. The van der Waals surface area contributed by atoms with Crippen LogP contribution in [0.4, 0.5) is 0 Å². The highest BCUT2D eigenvalue weighted by atomic mass is 16.5. The highest BCUT2D eigenvalue weighted by molar-refractivity contribution is 5.30. The normalized spacial score (nSPS) is 12.7. The molecule has 0 aliphatic heterocycles. The Kier molecular flexibility index (Phi) is 4.42. The second-order valence-corrected chi connectivity index (χ2v) is 5.59. The van der Waals surface area contributed by atoms with Crippen molar-refractivity contribution in [1.29, 1.82) is 0 Å². The van der Waals surface area contributed by atoms with Crippen LogP contribution in [0.5, 0.6) is 0 Å². The lowest BCUT2D eigenvalue weighted by Gasteiger charge is -2.12. The van der Waals surface area contributed by atoms with Crippen LogP contribution in [0.2, 0.25) is 0 Å². The van der Waals surface area contributed by atoms with Gasteiger partial charge in [0.05, 0.1) is 18.3 Å². The monoisotopic (exact) mass is 313 g/mol. The van der Waals surface area contributed by atoms with Crippen LogP contribution < -0.4 is 5.32 Å². The molecule has 0 fully saturated rings. The van der Waals surface area contributed by atoms with Crippen molar-refractivity contribution in [3.05, 3.63) is 47.9 Å². The lowest BCUT2D eigenvalue weighted by molar-refractivity contribution is 0.358. The first-order valence-corrected chi connectivity index (χ1v) is 7.54. The molecule has 0 saturated carbocycles. The number of para-hydroxylation sites is 1. The van der Waals surface area contributed by atoms with Gasteiger partial charge in [0.2, 0.25) is 5.89 Å². The van der Waals surface area contributed by atoms with E-state index in [0.717, 1.165) is 11.5 Å². The molecule has 23 heavy (non-hydrogen) atoms. The first-order valence-electron chi connectivity index (χ1n) is 7.54. The molecule has 0 aliphatic carbocycles. The van der Waals surface area contributed by atoms with E-state index in [2.05, 4.69) is 31.0 Å². The van der Waals surface area contributed by atoms with Gasteiger partial charge in [-0.15, -0.1) is 5.10 Å². The molecule has 1 aromatic carbocycles. The minimum atomic E-state index is -0.0637. The molecule has 1 N–H and O–H groups in total. The zero-order valence-corrected chi connectivity index (χ0v) is 13.3. The molecule has 3 rings (SSSR count). The first kappa shape index (κ1) is 15.3. The van der Waals surface area contributed by atoms with Crippen molar-refractivity contribution in [2.24, 2.45) is 0 Å². The fourth-order valence-corrected chi connectivity index (χ4v) is 2.13. The summed E-state index contributed by atoms with van der Waals surface area (Å²) in [4.78, 5) is 4.34. The Morgan fingerprint density at radius 3 is 2.65 bits per heavy atom. The van der Waals surface area contributed by atoms with E-state index in [1.807, 2.05) is 51.1 Å². The average molecular weight is 313 g/mol. The predicted molar refractivity (Wildman–Crippen MR) is 82.8 cm³/mol. The molecule has 0 unspecified atom stereocenters. The molecule has 1 atom stereocenters. The van der Waals surface area contributed by atoms with E-state index >= 15 is 0 Å². The van der Waals surface area contributed by atoms with Gasteiger partial charge in [0.15, 0.2) is 11.6 Å². The van der Waals surface area contributed by atoms with Crippen molar-refractivity contribution in [1.82, 2.24) is 35.7 Å². The van der Waals surface area contributed by atoms with Crippen LogP contribution in [-0.4, -0.2) is 30.3 Å². The summed E-state index contributed by atoms with van der Waals surface area (Å²) in [7, 11) is 0. The summed E-state index contributed by atoms with van der Waals surface area (Å²) in [5, 5.41) is 19.2. The Bertz CT molecular complexity index is 750. The van der Waals surface area contributed by atoms with Gasteiger partial charge in [-0.25, -0.2) is 0 Å². The van der Waals surface area contributed by atoms with Gasteiger partial charge in [-0.3, -0.25) is 0 Å². The highest BCUT2D eigenvalue weighted by Gasteiger charge is 2.17. The lowest BCUT2D eigenvalue weighted by Crippen LogP contribution is -2.22. The molecule has 0 amide bonds. The van der Waals surface area contributed by atoms with Gasteiger partial charge in [0.25, 0.3) is 0 Å². The van der Waals surface area contributed by atoms with E-state index in [0.29, 0.717) is 18.3 Å². The molecule has 2 aromatic heterocycles. The van der Waals surface area contributed by atoms with E-state index in [-0.39, 0.29) is 12.0 Å². The van der Waals surface area contributed by atoms with Gasteiger partial charge in [-0.2, -0.15) is 9.67 Å². The van der Waals surface area contributed by atoms with Crippen LogP contribution in [0.3, 0.4) is 0 Å². The Balaban J connectivity index is 1.69. The molecule has 8 nitrogen and oxygen atoms in total. The standard InChI is InChI=1S/C15H19N7O/c1-10(2)15-17-13(19-23-15)9-16-11(3)14-18-20-21-22(14)12-7-5-4-6-8-12/h4-8,10-11,16H,9H2,1-3H3/t11-/m1/s1. The molecule has 0 saturated heterocycles. The van der Waals surface area contributed by atoms with Crippen LogP contribution in [0.1, 0.15) is 50.3 Å². The van der Waals surface area contributed by atoms with Crippen molar-refractivity contribution < 1.29 is 4.52 Å². The number of tetrazole rings is 1. The Morgan fingerprint density at radius 2 is 1.96 bits per heavy atom. The molecule has 0 aliphatic rings. The first-order chi connectivity index (χ1) is 11.1. The fraction of sp³-hybridized carbons (Fsp3) is 0.400. The van der Waals surface area contributed by atoms with E-state index in [9.17, 15) is 0 Å². The van der Waals surface area contributed by atoms with E-state index < -0.39 is 0 Å².